The first-order valence-electron chi connectivity index (χ1n) is 11.8. The molecule has 1 aromatic carbocycles. The molecule has 0 spiro atoms. The van der Waals surface area contributed by atoms with Gasteiger partial charge in [0.2, 0.25) is 0 Å². The van der Waals surface area contributed by atoms with Crippen molar-refractivity contribution >= 4 is 22.6 Å². The van der Waals surface area contributed by atoms with Crippen LogP contribution in [0.5, 0.6) is 5.75 Å². The van der Waals surface area contributed by atoms with Crippen molar-refractivity contribution in [3.8, 4) is 11.8 Å². The van der Waals surface area contributed by atoms with Crippen LogP contribution in [0.3, 0.4) is 0 Å². The first-order chi connectivity index (χ1) is 17.5. The SMILES string of the molecule is CCOCCCn1c(=NC(=O)c2ccccc2OCC)c(C#N)cc2c(=O)n3cccc(C)c3nc21. The summed E-state index contributed by atoms with van der Waals surface area (Å²) in [5.41, 5.74) is 1.91. The zero-order chi connectivity index (χ0) is 25.7. The summed E-state index contributed by atoms with van der Waals surface area (Å²) in [6, 6.07) is 14.0. The average molecular weight is 486 g/mol. The van der Waals surface area contributed by atoms with Crippen LogP contribution in [-0.4, -0.2) is 39.7 Å². The molecule has 0 atom stereocenters. The van der Waals surface area contributed by atoms with Crippen LogP contribution in [0.1, 0.15) is 41.8 Å². The van der Waals surface area contributed by atoms with Gasteiger partial charge in [-0.2, -0.15) is 10.3 Å². The highest BCUT2D eigenvalue weighted by Crippen LogP contribution is 2.19. The number of para-hydroxylation sites is 1. The number of carbonyl (C=O) groups is 1. The van der Waals surface area contributed by atoms with Gasteiger partial charge in [-0.3, -0.25) is 14.0 Å². The van der Waals surface area contributed by atoms with Gasteiger partial charge in [-0.15, -0.1) is 0 Å². The Morgan fingerprint density at radius 1 is 1.14 bits per heavy atom. The van der Waals surface area contributed by atoms with Crippen molar-refractivity contribution in [1.82, 2.24) is 14.0 Å². The van der Waals surface area contributed by atoms with Gasteiger partial charge in [-0.25, -0.2) is 4.98 Å². The van der Waals surface area contributed by atoms with E-state index in [0.29, 0.717) is 49.8 Å². The normalized spacial score (nSPS) is 11.7. The van der Waals surface area contributed by atoms with Crippen LogP contribution in [0.4, 0.5) is 0 Å². The number of pyridine rings is 2. The second-order valence-electron chi connectivity index (χ2n) is 8.08. The fraction of sp³-hybridized carbons (Fsp3) is 0.296. The smallest absolute Gasteiger partial charge is 0.282 e. The van der Waals surface area contributed by atoms with Crippen molar-refractivity contribution in [1.29, 1.82) is 5.26 Å². The van der Waals surface area contributed by atoms with Crippen molar-refractivity contribution in [3.63, 3.8) is 0 Å². The van der Waals surface area contributed by atoms with Crippen molar-refractivity contribution in [3.05, 3.63) is 81.2 Å². The number of amides is 1. The maximum Gasteiger partial charge on any atom is 0.282 e. The van der Waals surface area contributed by atoms with Gasteiger partial charge in [0.05, 0.1) is 23.1 Å². The molecule has 0 aliphatic rings. The fourth-order valence-electron chi connectivity index (χ4n) is 4.05. The van der Waals surface area contributed by atoms with Crippen molar-refractivity contribution in [2.75, 3.05) is 19.8 Å². The second-order valence-corrected chi connectivity index (χ2v) is 8.08. The van der Waals surface area contributed by atoms with Crippen molar-refractivity contribution in [2.45, 2.75) is 33.7 Å². The fourth-order valence-corrected chi connectivity index (χ4v) is 4.05. The number of nitrogens with zero attached hydrogens (tertiary/aromatic N) is 5. The van der Waals surface area contributed by atoms with E-state index in [1.54, 1.807) is 41.1 Å². The van der Waals surface area contributed by atoms with E-state index in [1.165, 1.54) is 10.5 Å². The summed E-state index contributed by atoms with van der Waals surface area (Å²) in [7, 11) is 0. The highest BCUT2D eigenvalue weighted by atomic mass is 16.5. The number of hydrogen-bond acceptors (Lipinski definition) is 6. The number of benzene rings is 1. The summed E-state index contributed by atoms with van der Waals surface area (Å²) in [6.45, 7) is 7.38. The average Bonchev–Trinajstić information content (AvgIpc) is 2.88. The Hall–Kier alpha value is -4.29. The summed E-state index contributed by atoms with van der Waals surface area (Å²) in [5, 5.41) is 10.2. The molecule has 0 saturated heterocycles. The Morgan fingerprint density at radius 2 is 1.94 bits per heavy atom. The lowest BCUT2D eigenvalue weighted by atomic mass is 10.2. The van der Waals surface area contributed by atoms with Gasteiger partial charge in [0.1, 0.15) is 23.1 Å². The van der Waals surface area contributed by atoms with Gasteiger partial charge in [0.25, 0.3) is 11.5 Å². The number of hydrogen-bond donors (Lipinski definition) is 0. The Morgan fingerprint density at radius 3 is 2.69 bits per heavy atom. The molecule has 0 saturated carbocycles. The Labute approximate surface area is 207 Å². The maximum atomic E-state index is 13.4. The first-order valence-corrected chi connectivity index (χ1v) is 11.8. The minimum atomic E-state index is -0.554. The van der Waals surface area contributed by atoms with E-state index in [0.717, 1.165) is 5.56 Å². The number of carbonyl (C=O) groups excluding carboxylic acids is 1. The molecule has 1 amide bonds. The maximum absolute atomic E-state index is 13.4. The standard InChI is InChI=1S/C27H27N5O4/c1-4-35-15-9-14-31-24(30-26(33)20-11-6-7-12-22(20)36-5-2)19(17-28)16-21-25(31)29-23-18(3)10-8-13-32(23)27(21)34/h6-8,10-13,16H,4-5,9,14-15H2,1-3H3. The van der Waals surface area contributed by atoms with E-state index in [4.69, 9.17) is 14.5 Å². The molecule has 0 fully saturated rings. The van der Waals surface area contributed by atoms with Crippen LogP contribution in [0.2, 0.25) is 0 Å². The summed E-state index contributed by atoms with van der Waals surface area (Å²) < 4.78 is 14.2. The Balaban J connectivity index is 2.03. The van der Waals surface area contributed by atoms with Crippen LogP contribution in [0.15, 0.2) is 58.4 Å². The number of ether oxygens (including phenoxy) is 2. The monoisotopic (exact) mass is 485 g/mol. The van der Waals surface area contributed by atoms with Crippen LogP contribution in [-0.2, 0) is 11.3 Å². The van der Waals surface area contributed by atoms with Gasteiger partial charge >= 0.3 is 0 Å². The third-order valence-corrected chi connectivity index (χ3v) is 5.72. The molecule has 0 unspecified atom stereocenters. The zero-order valence-corrected chi connectivity index (χ0v) is 20.5. The number of rotatable bonds is 8. The predicted octanol–water partition coefficient (Wildman–Crippen LogP) is 3.40. The quantitative estimate of drug-likeness (QED) is 0.279. The topological polar surface area (TPSA) is 111 Å². The number of aryl methyl sites for hydroxylation is 2. The lowest BCUT2D eigenvalue weighted by molar-refractivity contribution is 0.0993. The lowest BCUT2D eigenvalue weighted by Gasteiger charge is -2.14. The van der Waals surface area contributed by atoms with Crippen LogP contribution in [0.25, 0.3) is 16.7 Å². The zero-order valence-electron chi connectivity index (χ0n) is 20.5. The Kier molecular flexibility index (Phi) is 7.56. The molecular weight excluding hydrogens is 458 g/mol. The summed E-state index contributed by atoms with van der Waals surface area (Å²) in [5.74, 6) is -0.143. The highest BCUT2D eigenvalue weighted by Gasteiger charge is 2.17. The third kappa shape index (κ3) is 4.76. The molecule has 4 aromatic rings. The Bertz CT molecular complexity index is 1610. The minimum absolute atomic E-state index is 0.104. The second kappa shape index (κ2) is 11.0. The van der Waals surface area contributed by atoms with Crippen molar-refractivity contribution in [2.24, 2.45) is 4.99 Å². The largest absolute Gasteiger partial charge is 0.493 e. The van der Waals surface area contributed by atoms with Crippen LogP contribution < -0.4 is 15.8 Å². The molecule has 3 aromatic heterocycles. The molecule has 0 radical (unpaired) electrons. The molecule has 9 nitrogen and oxygen atoms in total. The summed E-state index contributed by atoms with van der Waals surface area (Å²) in [6.07, 6.45) is 2.22. The van der Waals surface area contributed by atoms with Gasteiger partial charge < -0.3 is 14.0 Å². The molecule has 9 heteroatoms. The molecular formula is C27H27N5O4. The predicted molar refractivity (Wildman–Crippen MR) is 135 cm³/mol. The van der Waals surface area contributed by atoms with E-state index in [2.05, 4.69) is 11.1 Å². The van der Waals surface area contributed by atoms with E-state index in [1.807, 2.05) is 26.8 Å². The van der Waals surface area contributed by atoms with E-state index < -0.39 is 5.91 Å². The molecule has 0 aliphatic carbocycles. The third-order valence-electron chi connectivity index (χ3n) is 5.72. The van der Waals surface area contributed by atoms with E-state index in [9.17, 15) is 14.9 Å². The highest BCUT2D eigenvalue weighted by molar-refractivity contribution is 5.97. The molecule has 0 bridgehead atoms. The van der Waals surface area contributed by atoms with Crippen molar-refractivity contribution < 1.29 is 14.3 Å². The summed E-state index contributed by atoms with van der Waals surface area (Å²) in [4.78, 5) is 35.8. The van der Waals surface area contributed by atoms with Gasteiger partial charge in [-0.1, -0.05) is 18.2 Å². The van der Waals surface area contributed by atoms with Gasteiger partial charge in [-0.05, 0) is 57.0 Å². The number of aromatic nitrogens is 3. The van der Waals surface area contributed by atoms with Crippen LogP contribution in [0, 0.1) is 18.3 Å². The molecule has 3 heterocycles. The molecule has 36 heavy (non-hydrogen) atoms. The van der Waals surface area contributed by atoms with E-state index >= 15 is 0 Å². The van der Waals surface area contributed by atoms with E-state index in [-0.39, 0.29) is 27.6 Å². The van der Waals surface area contributed by atoms with Gasteiger partial charge in [0.15, 0.2) is 5.49 Å². The molecule has 0 aliphatic heterocycles. The number of fused-ring (bicyclic) bond motifs is 2. The molecule has 4 rings (SSSR count). The van der Waals surface area contributed by atoms with Crippen LogP contribution >= 0.6 is 0 Å². The molecule has 184 valence electrons. The lowest BCUT2D eigenvalue weighted by Crippen LogP contribution is -2.30. The van der Waals surface area contributed by atoms with Gasteiger partial charge in [0, 0.05) is 26.0 Å². The first kappa shape index (κ1) is 24.8. The minimum Gasteiger partial charge on any atom is -0.493 e. The molecule has 0 N–H and O–H groups in total. The summed E-state index contributed by atoms with van der Waals surface area (Å²) >= 11 is 0. The number of nitriles is 1.